The normalized spacial score (nSPS) is 13.4. The molecule has 1 aliphatic rings. The molecule has 0 bridgehead atoms. The molecular weight excluding hydrogens is 326 g/mol. The summed E-state index contributed by atoms with van der Waals surface area (Å²) in [5.41, 5.74) is 3.18. The summed E-state index contributed by atoms with van der Waals surface area (Å²) in [7, 11) is 0. The minimum Gasteiger partial charge on any atom is -0.494 e. The second kappa shape index (κ2) is 6.65. The monoisotopic (exact) mass is 343 g/mol. The van der Waals surface area contributed by atoms with Gasteiger partial charge in [0.05, 0.1) is 22.9 Å². The largest absolute Gasteiger partial charge is 0.494 e. The molecule has 5 heteroatoms. The van der Waals surface area contributed by atoms with Crippen LogP contribution in [0.4, 0.5) is 5.69 Å². The topological polar surface area (TPSA) is 46.6 Å². The van der Waals surface area contributed by atoms with Crippen molar-refractivity contribution in [1.82, 2.24) is 0 Å². The molecule has 4 nitrogen and oxygen atoms in total. The van der Waals surface area contributed by atoms with Gasteiger partial charge in [-0.1, -0.05) is 23.7 Å². The second-order valence-corrected chi connectivity index (χ2v) is 6.35. The van der Waals surface area contributed by atoms with Crippen molar-refractivity contribution >= 4 is 29.0 Å². The number of carbonyl (C=O) groups is 2. The number of Topliss-reactive ketones (excluding diaryl/α,β-unsaturated/α-hetero) is 1. The molecule has 0 atom stereocenters. The first-order valence-corrected chi connectivity index (χ1v) is 8.21. The van der Waals surface area contributed by atoms with Gasteiger partial charge < -0.3 is 9.64 Å². The molecule has 1 heterocycles. The lowest BCUT2D eigenvalue weighted by Crippen LogP contribution is -2.31. The third-order valence-corrected chi connectivity index (χ3v) is 4.24. The van der Waals surface area contributed by atoms with Crippen molar-refractivity contribution in [2.45, 2.75) is 20.3 Å². The molecule has 0 fully saturated rings. The maximum atomic E-state index is 12.1. The minimum atomic E-state index is -0.524. The highest BCUT2D eigenvalue weighted by Crippen LogP contribution is 2.35. The van der Waals surface area contributed by atoms with Crippen LogP contribution in [0, 0.1) is 13.8 Å². The number of halogens is 1. The van der Waals surface area contributed by atoms with Crippen LogP contribution in [0.2, 0.25) is 5.02 Å². The molecule has 1 aliphatic heterocycles. The van der Waals surface area contributed by atoms with Gasteiger partial charge >= 0.3 is 0 Å². The maximum Gasteiger partial charge on any atom is 0.299 e. The van der Waals surface area contributed by atoms with Gasteiger partial charge in [-0.25, -0.2) is 0 Å². The first-order chi connectivity index (χ1) is 11.5. The van der Waals surface area contributed by atoms with E-state index in [9.17, 15) is 9.59 Å². The average molecular weight is 344 g/mol. The van der Waals surface area contributed by atoms with Crippen molar-refractivity contribution in [3.63, 3.8) is 0 Å². The van der Waals surface area contributed by atoms with Gasteiger partial charge in [-0.3, -0.25) is 9.59 Å². The average Bonchev–Trinajstić information content (AvgIpc) is 2.77. The Hall–Kier alpha value is -2.33. The molecule has 0 saturated carbocycles. The summed E-state index contributed by atoms with van der Waals surface area (Å²) in [5.74, 6) is -0.206. The van der Waals surface area contributed by atoms with Crippen LogP contribution in [-0.2, 0) is 4.79 Å². The highest BCUT2D eigenvalue weighted by Gasteiger charge is 2.36. The van der Waals surface area contributed by atoms with Gasteiger partial charge in [0, 0.05) is 6.54 Å². The number of hydrogen-bond donors (Lipinski definition) is 0. The van der Waals surface area contributed by atoms with Crippen molar-refractivity contribution < 1.29 is 14.3 Å². The Bertz CT molecular complexity index is 796. The maximum absolute atomic E-state index is 12.1. The molecular formula is C19H18ClNO3. The molecule has 0 spiro atoms. The van der Waals surface area contributed by atoms with Crippen LogP contribution in [0.1, 0.15) is 27.9 Å². The lowest BCUT2D eigenvalue weighted by Gasteiger charge is -2.17. The number of amides is 1. The number of para-hydroxylation sites is 1. The molecule has 0 radical (unpaired) electrons. The van der Waals surface area contributed by atoms with Gasteiger partial charge in [-0.05, 0) is 55.7 Å². The van der Waals surface area contributed by atoms with Crippen LogP contribution in [-0.4, -0.2) is 24.8 Å². The van der Waals surface area contributed by atoms with E-state index in [-0.39, 0.29) is 0 Å². The number of aryl methyl sites for hydroxylation is 2. The van der Waals surface area contributed by atoms with Gasteiger partial charge in [-0.2, -0.15) is 0 Å². The fraction of sp³-hybridized carbons (Fsp3) is 0.263. The lowest BCUT2D eigenvalue weighted by atomic mass is 10.1. The first kappa shape index (κ1) is 16.5. The van der Waals surface area contributed by atoms with Crippen molar-refractivity contribution in [2.24, 2.45) is 0 Å². The van der Waals surface area contributed by atoms with Crippen LogP contribution in [0.25, 0.3) is 0 Å². The number of nitrogens with zero attached hydrogens (tertiary/aromatic N) is 1. The Morgan fingerprint density at radius 3 is 2.50 bits per heavy atom. The zero-order chi connectivity index (χ0) is 17.3. The van der Waals surface area contributed by atoms with Crippen molar-refractivity contribution in [3.8, 4) is 5.75 Å². The zero-order valence-electron chi connectivity index (χ0n) is 13.6. The molecule has 1 amide bonds. The van der Waals surface area contributed by atoms with E-state index in [0.29, 0.717) is 35.8 Å². The van der Waals surface area contributed by atoms with Gasteiger partial charge in [-0.15, -0.1) is 0 Å². The van der Waals surface area contributed by atoms with Crippen LogP contribution in [0.5, 0.6) is 5.75 Å². The van der Waals surface area contributed by atoms with Crippen molar-refractivity contribution in [2.75, 3.05) is 18.1 Å². The summed E-state index contributed by atoms with van der Waals surface area (Å²) >= 11 is 6.16. The molecule has 0 aromatic heterocycles. The Balaban J connectivity index is 1.63. The SMILES string of the molecule is Cc1cc(C)cc(OCCCN2C(=O)C(=O)c3cccc(Cl)c32)c1. The van der Waals surface area contributed by atoms with Crippen molar-refractivity contribution in [3.05, 3.63) is 58.1 Å². The smallest absolute Gasteiger partial charge is 0.299 e. The molecule has 24 heavy (non-hydrogen) atoms. The van der Waals surface area contributed by atoms with E-state index < -0.39 is 11.7 Å². The van der Waals surface area contributed by atoms with Gasteiger partial charge in [0.15, 0.2) is 0 Å². The number of carbonyl (C=O) groups excluding carboxylic acids is 2. The van der Waals surface area contributed by atoms with E-state index in [4.69, 9.17) is 16.3 Å². The molecule has 3 rings (SSSR count). The Morgan fingerprint density at radius 2 is 1.79 bits per heavy atom. The highest BCUT2D eigenvalue weighted by atomic mass is 35.5. The quantitative estimate of drug-likeness (QED) is 0.610. The summed E-state index contributed by atoms with van der Waals surface area (Å²) in [6.45, 7) is 4.90. The van der Waals surface area contributed by atoms with E-state index in [1.54, 1.807) is 18.2 Å². The standard InChI is InChI=1S/C19H18ClNO3/c1-12-9-13(2)11-14(10-12)24-8-4-7-21-17-15(18(22)19(21)23)5-3-6-16(17)20/h3,5-6,9-11H,4,7-8H2,1-2H3. The van der Waals surface area contributed by atoms with Crippen LogP contribution >= 0.6 is 11.6 Å². The zero-order valence-corrected chi connectivity index (χ0v) is 14.4. The van der Waals surface area contributed by atoms with Gasteiger partial charge in [0.2, 0.25) is 0 Å². The minimum absolute atomic E-state index is 0.378. The van der Waals surface area contributed by atoms with E-state index in [1.807, 2.05) is 26.0 Å². The summed E-state index contributed by atoms with van der Waals surface area (Å²) < 4.78 is 5.75. The lowest BCUT2D eigenvalue weighted by molar-refractivity contribution is -0.114. The summed E-state index contributed by atoms with van der Waals surface area (Å²) in [4.78, 5) is 25.6. The van der Waals surface area contributed by atoms with Gasteiger partial charge in [0.1, 0.15) is 5.75 Å². The molecule has 0 unspecified atom stereocenters. The first-order valence-electron chi connectivity index (χ1n) is 7.83. The third kappa shape index (κ3) is 3.15. The Morgan fingerprint density at radius 1 is 1.08 bits per heavy atom. The number of anilines is 1. The number of hydrogen-bond acceptors (Lipinski definition) is 3. The number of ketones is 1. The molecule has 2 aromatic rings. The van der Waals surface area contributed by atoms with Gasteiger partial charge in [0.25, 0.3) is 11.7 Å². The fourth-order valence-electron chi connectivity index (χ4n) is 2.95. The highest BCUT2D eigenvalue weighted by molar-refractivity contribution is 6.54. The summed E-state index contributed by atoms with van der Waals surface area (Å²) in [6.07, 6.45) is 0.608. The number of ether oxygens (including phenoxy) is 1. The molecule has 124 valence electrons. The van der Waals surface area contributed by atoms with E-state index in [0.717, 1.165) is 16.9 Å². The van der Waals surface area contributed by atoms with Crippen LogP contribution in [0.3, 0.4) is 0 Å². The third-order valence-electron chi connectivity index (χ3n) is 3.93. The second-order valence-electron chi connectivity index (χ2n) is 5.95. The number of benzene rings is 2. The van der Waals surface area contributed by atoms with Crippen LogP contribution < -0.4 is 9.64 Å². The predicted octanol–water partition coefficient (Wildman–Crippen LogP) is 3.96. The van der Waals surface area contributed by atoms with E-state index >= 15 is 0 Å². The predicted molar refractivity (Wildman–Crippen MR) is 94.2 cm³/mol. The molecule has 0 N–H and O–H groups in total. The van der Waals surface area contributed by atoms with Crippen molar-refractivity contribution in [1.29, 1.82) is 0 Å². The Labute approximate surface area is 146 Å². The number of rotatable bonds is 5. The Kier molecular flexibility index (Phi) is 4.58. The molecule has 0 aliphatic carbocycles. The fourth-order valence-corrected chi connectivity index (χ4v) is 3.23. The molecule has 0 saturated heterocycles. The molecule has 2 aromatic carbocycles. The van der Waals surface area contributed by atoms with E-state index in [1.165, 1.54) is 4.90 Å². The number of fused-ring (bicyclic) bond motifs is 1. The van der Waals surface area contributed by atoms with E-state index in [2.05, 4.69) is 6.07 Å². The summed E-state index contributed by atoms with van der Waals surface area (Å²) in [5, 5.41) is 0.418. The van der Waals surface area contributed by atoms with Crippen LogP contribution in [0.15, 0.2) is 36.4 Å². The summed E-state index contributed by atoms with van der Waals surface area (Å²) in [6, 6.07) is 11.0.